The molecule has 0 bridgehead atoms. The van der Waals surface area contributed by atoms with Crippen molar-refractivity contribution in [2.45, 2.75) is 58.9 Å². The van der Waals surface area contributed by atoms with Gasteiger partial charge in [0.15, 0.2) is 8.32 Å². The first-order valence-corrected chi connectivity index (χ1v) is 22.2. The largest absolute Gasteiger partial charge is 0.468 e. The van der Waals surface area contributed by atoms with Crippen molar-refractivity contribution in [2.75, 3.05) is 0 Å². The van der Waals surface area contributed by atoms with E-state index in [0.29, 0.717) is 0 Å². The molecule has 140 valence electrons. The molecule has 0 saturated carbocycles. The highest BCUT2D eigenvalue weighted by molar-refractivity contribution is 6.93. The van der Waals surface area contributed by atoms with Gasteiger partial charge in [0.2, 0.25) is 16.6 Å². The summed E-state index contributed by atoms with van der Waals surface area (Å²) >= 11 is 0. The summed E-state index contributed by atoms with van der Waals surface area (Å²) in [6.45, 7) is 30.4. The lowest BCUT2D eigenvalue weighted by Crippen LogP contribution is -2.61. The Kier molecular flexibility index (Phi) is 8.28. The van der Waals surface area contributed by atoms with E-state index in [1.807, 2.05) is 36.7 Å². The highest BCUT2D eigenvalue weighted by Gasteiger charge is 2.49. The predicted octanol–water partition coefficient (Wildman–Crippen LogP) is 5.11. The van der Waals surface area contributed by atoms with Gasteiger partial charge in [0.1, 0.15) is 0 Å². The summed E-state index contributed by atoms with van der Waals surface area (Å²) in [7, 11) is -11.4. The Morgan fingerprint density at radius 2 is 0.792 bits per heavy atom. The van der Waals surface area contributed by atoms with Gasteiger partial charge in [0.25, 0.3) is 0 Å². The van der Waals surface area contributed by atoms with E-state index in [4.69, 9.17) is 16.5 Å². The van der Waals surface area contributed by atoms with Gasteiger partial charge in [-0.15, -0.1) is 19.7 Å². The number of hydrogen-bond donors (Lipinski definition) is 0. The normalized spacial score (nSPS) is 14.4. The molecule has 0 aliphatic rings. The molecule has 4 nitrogen and oxygen atoms in total. The molecule has 0 radical (unpaired) electrons. The fourth-order valence-corrected chi connectivity index (χ4v) is 21.7. The maximum Gasteiger partial charge on any atom is 0.468 e. The Bertz CT molecular complexity index is 452. The fraction of sp³-hybridized carbons (Fsp3) is 0.600. The molecule has 0 spiro atoms. The zero-order chi connectivity index (χ0) is 19.4. The third kappa shape index (κ3) is 9.01. The Morgan fingerprint density at radius 1 is 0.500 bits per heavy atom. The molecular formula is C15H36O4Si5. The second-order valence-electron chi connectivity index (χ2n) is 8.09. The van der Waals surface area contributed by atoms with Gasteiger partial charge in [-0.25, -0.2) is 0 Å². The summed E-state index contributed by atoms with van der Waals surface area (Å²) in [5.74, 6) is 0. The van der Waals surface area contributed by atoms with Gasteiger partial charge in [-0.3, -0.25) is 0 Å². The van der Waals surface area contributed by atoms with Gasteiger partial charge in [-0.2, -0.15) is 0 Å². The molecule has 9 heteroatoms. The zero-order valence-corrected chi connectivity index (χ0v) is 22.0. The van der Waals surface area contributed by atoms with Crippen molar-refractivity contribution < 1.29 is 16.5 Å². The summed E-state index contributed by atoms with van der Waals surface area (Å²) in [6.07, 6.45) is 0. The topological polar surface area (TPSA) is 36.9 Å². The van der Waals surface area contributed by atoms with Crippen LogP contribution in [0, 0.1) is 0 Å². The van der Waals surface area contributed by atoms with E-state index in [1.54, 1.807) is 0 Å². The lowest BCUT2D eigenvalue weighted by atomic mass is 11.3. The lowest BCUT2D eigenvalue weighted by Gasteiger charge is -2.42. The van der Waals surface area contributed by atoms with Gasteiger partial charge in [-0.05, 0) is 52.4 Å². The molecule has 24 heavy (non-hydrogen) atoms. The van der Waals surface area contributed by atoms with Crippen molar-refractivity contribution >= 4 is 42.3 Å². The average molecular weight is 421 g/mol. The van der Waals surface area contributed by atoms with Crippen LogP contribution in [0.4, 0.5) is 0 Å². The Balaban J connectivity index is 5.58. The maximum atomic E-state index is 6.51. The van der Waals surface area contributed by atoms with E-state index >= 15 is 0 Å². The van der Waals surface area contributed by atoms with E-state index in [2.05, 4.69) is 59.0 Å². The Morgan fingerprint density at radius 3 is 1.08 bits per heavy atom. The quantitative estimate of drug-likeness (QED) is 0.435. The molecule has 0 fully saturated rings. The molecule has 0 amide bonds. The first kappa shape index (κ1) is 24.1. The van der Waals surface area contributed by atoms with Crippen molar-refractivity contribution in [3.8, 4) is 0 Å². The van der Waals surface area contributed by atoms with E-state index in [-0.39, 0.29) is 0 Å². The SMILES string of the molecule is C=C[Si](C)(C)O[Si](C)(C)O[Si](C)(O[Si](C)(C)C=C)O[Si](C)(C)C=C. The van der Waals surface area contributed by atoms with Crippen LogP contribution in [0.2, 0.25) is 58.9 Å². The second kappa shape index (κ2) is 8.23. The minimum Gasteiger partial charge on any atom is -0.433 e. The first-order valence-electron chi connectivity index (χ1n) is 8.22. The summed E-state index contributed by atoms with van der Waals surface area (Å²) < 4.78 is 25.8. The third-order valence-corrected chi connectivity index (χ3v) is 21.0. The minimum atomic E-state index is -2.90. The summed E-state index contributed by atoms with van der Waals surface area (Å²) in [4.78, 5) is 0. The fourth-order valence-electron chi connectivity index (χ4n) is 2.24. The molecule has 0 aliphatic heterocycles. The standard InChI is InChI=1S/C15H36O4Si5/c1-13-20(4,5)16-23(10,11)19-24(12,17-21(6,7)14-2)18-22(8,9)15-3/h13-15H,1-3H2,4-12H3. The summed E-state index contributed by atoms with van der Waals surface area (Å²) in [5, 5.41) is 0. The highest BCUT2D eigenvalue weighted by Crippen LogP contribution is 2.28. The minimum absolute atomic E-state index is 1.91. The van der Waals surface area contributed by atoms with Crippen LogP contribution in [0.5, 0.6) is 0 Å². The maximum absolute atomic E-state index is 6.51. The predicted molar refractivity (Wildman–Crippen MR) is 116 cm³/mol. The number of rotatable bonds is 11. The van der Waals surface area contributed by atoms with Crippen LogP contribution >= 0.6 is 0 Å². The molecular weight excluding hydrogens is 385 g/mol. The van der Waals surface area contributed by atoms with Crippen molar-refractivity contribution in [3.63, 3.8) is 0 Å². The van der Waals surface area contributed by atoms with Gasteiger partial charge < -0.3 is 16.5 Å². The average Bonchev–Trinajstić information content (AvgIpc) is 2.34. The van der Waals surface area contributed by atoms with Crippen molar-refractivity contribution in [1.29, 1.82) is 0 Å². The molecule has 0 saturated heterocycles. The highest BCUT2D eigenvalue weighted by atomic mass is 28.5. The molecule has 0 aromatic rings. The summed E-state index contributed by atoms with van der Waals surface area (Å²) in [6, 6.07) is 0. The van der Waals surface area contributed by atoms with Crippen LogP contribution in [-0.2, 0) is 16.5 Å². The second-order valence-corrected chi connectivity index (χ2v) is 26.7. The molecule has 0 N–H and O–H groups in total. The molecule has 0 heterocycles. The van der Waals surface area contributed by atoms with Gasteiger partial charge >= 0.3 is 17.4 Å². The van der Waals surface area contributed by atoms with E-state index < -0.39 is 42.3 Å². The van der Waals surface area contributed by atoms with Gasteiger partial charge in [0, 0.05) is 6.55 Å². The lowest BCUT2D eigenvalue weighted by molar-refractivity contribution is 0.238. The molecule has 0 aromatic carbocycles. The monoisotopic (exact) mass is 420 g/mol. The molecule has 0 rings (SSSR count). The van der Waals surface area contributed by atoms with Crippen LogP contribution in [0.25, 0.3) is 0 Å². The van der Waals surface area contributed by atoms with Crippen molar-refractivity contribution in [2.24, 2.45) is 0 Å². The summed E-state index contributed by atoms with van der Waals surface area (Å²) in [5.41, 5.74) is 5.74. The first-order chi connectivity index (χ1) is 10.5. The number of hydrogen-bond acceptors (Lipinski definition) is 4. The van der Waals surface area contributed by atoms with Crippen molar-refractivity contribution in [1.82, 2.24) is 0 Å². The van der Waals surface area contributed by atoms with Crippen LogP contribution in [0.3, 0.4) is 0 Å². The van der Waals surface area contributed by atoms with Gasteiger partial charge in [0.05, 0.1) is 0 Å². The van der Waals surface area contributed by atoms with Crippen LogP contribution in [0.15, 0.2) is 36.8 Å². The Hall–Kier alpha value is 0.144. The molecule has 0 aliphatic carbocycles. The third-order valence-electron chi connectivity index (χ3n) is 3.31. The van der Waals surface area contributed by atoms with Crippen molar-refractivity contribution in [3.05, 3.63) is 36.8 Å². The van der Waals surface area contributed by atoms with Crippen LogP contribution < -0.4 is 0 Å². The van der Waals surface area contributed by atoms with E-state index in [0.717, 1.165) is 0 Å². The zero-order valence-electron chi connectivity index (χ0n) is 17.0. The van der Waals surface area contributed by atoms with E-state index in [9.17, 15) is 0 Å². The Labute approximate surface area is 154 Å². The smallest absolute Gasteiger partial charge is 0.433 e. The van der Waals surface area contributed by atoms with E-state index in [1.165, 1.54) is 0 Å². The molecule has 0 aromatic heterocycles. The molecule has 0 atom stereocenters. The molecule has 0 unspecified atom stereocenters. The van der Waals surface area contributed by atoms with Crippen LogP contribution in [0.1, 0.15) is 0 Å². The van der Waals surface area contributed by atoms with Gasteiger partial charge in [-0.1, -0.05) is 17.1 Å². The van der Waals surface area contributed by atoms with Crippen LogP contribution in [-0.4, -0.2) is 42.3 Å².